The number of carbonyl (C=O) groups excluding carboxylic acids is 1. The topological polar surface area (TPSA) is 64.3 Å². The van der Waals surface area contributed by atoms with Crippen LogP contribution in [0.25, 0.3) is 0 Å². The highest BCUT2D eigenvalue weighted by Gasteiger charge is 2.51. The van der Waals surface area contributed by atoms with E-state index in [2.05, 4.69) is 6.07 Å². The summed E-state index contributed by atoms with van der Waals surface area (Å²) in [5, 5.41) is 19.4. The van der Waals surface area contributed by atoms with Crippen LogP contribution >= 0.6 is 0 Å². The Balaban J connectivity index is 1.53. The molecule has 0 bridgehead atoms. The molecule has 186 valence electrons. The number of rotatable bonds is 6. The second kappa shape index (κ2) is 9.27. The van der Waals surface area contributed by atoms with Crippen molar-refractivity contribution < 1.29 is 27.5 Å². The number of halogens is 4. The quantitative estimate of drug-likeness (QED) is 0.508. The van der Waals surface area contributed by atoms with Crippen LogP contribution in [0.5, 0.6) is 0 Å². The Hall–Kier alpha value is -2.92. The maximum atomic E-state index is 14.6. The molecule has 0 spiro atoms. The first-order valence-corrected chi connectivity index (χ1v) is 11.8. The number of amides is 1. The summed E-state index contributed by atoms with van der Waals surface area (Å²) in [4.78, 5) is 15.3. The number of aliphatic hydroxyl groups is 1. The Morgan fingerprint density at radius 3 is 2.14 bits per heavy atom. The van der Waals surface area contributed by atoms with Crippen molar-refractivity contribution in [2.24, 2.45) is 0 Å². The van der Waals surface area contributed by atoms with Gasteiger partial charge in [-0.25, -0.2) is 4.39 Å². The zero-order chi connectivity index (χ0) is 25.4. The van der Waals surface area contributed by atoms with E-state index in [1.165, 1.54) is 18.2 Å². The van der Waals surface area contributed by atoms with Crippen molar-refractivity contribution in [3.05, 3.63) is 71.0 Å². The number of hydrogen-bond donors (Lipinski definition) is 1. The van der Waals surface area contributed by atoms with Crippen molar-refractivity contribution in [2.45, 2.75) is 81.1 Å². The van der Waals surface area contributed by atoms with Crippen LogP contribution < -0.4 is 0 Å². The largest absolute Gasteiger partial charge is 0.421 e. The molecule has 2 aliphatic carbocycles. The molecule has 0 saturated heterocycles. The first kappa shape index (κ1) is 25.2. The lowest BCUT2D eigenvalue weighted by molar-refractivity contribution is -0.258. The molecule has 2 aliphatic rings. The third-order valence-electron chi connectivity index (χ3n) is 7.59. The average molecular weight is 489 g/mol. The highest BCUT2D eigenvalue weighted by Crippen LogP contribution is 2.46. The van der Waals surface area contributed by atoms with Crippen LogP contribution in [-0.2, 0) is 11.0 Å². The molecule has 1 N–H and O–H groups in total. The Kier molecular flexibility index (Phi) is 6.67. The highest BCUT2D eigenvalue weighted by atomic mass is 19.4. The van der Waals surface area contributed by atoms with E-state index in [1.807, 2.05) is 4.90 Å². The van der Waals surface area contributed by atoms with Crippen LogP contribution in [0, 0.1) is 17.1 Å². The first-order valence-electron chi connectivity index (χ1n) is 11.8. The standard InChI is InChI=1S/C27H28F4N2O2/c1-25(35,27(29,30)31)19-8-6-18(7-9-19)24(34)33(20-10-11-20)21-12-14-26(15-13-21,16-17-32)22-4-2-3-5-23(22)28/h2-9,20-21,35H,10-16H2,1H3/t21-,25-,26-/m0/s1. The molecule has 2 saturated carbocycles. The lowest BCUT2D eigenvalue weighted by atomic mass is 9.66. The van der Waals surface area contributed by atoms with Gasteiger partial charge >= 0.3 is 6.18 Å². The van der Waals surface area contributed by atoms with Crippen LogP contribution in [0.3, 0.4) is 0 Å². The Morgan fingerprint density at radius 1 is 1.06 bits per heavy atom. The molecule has 1 amide bonds. The van der Waals surface area contributed by atoms with Gasteiger partial charge in [-0.1, -0.05) is 30.3 Å². The van der Waals surface area contributed by atoms with Crippen LogP contribution in [0.2, 0.25) is 0 Å². The summed E-state index contributed by atoms with van der Waals surface area (Å²) in [6.07, 6.45) is -0.572. The lowest BCUT2D eigenvalue weighted by Gasteiger charge is -2.43. The van der Waals surface area contributed by atoms with E-state index in [9.17, 15) is 32.7 Å². The van der Waals surface area contributed by atoms with Gasteiger partial charge in [-0.15, -0.1) is 0 Å². The zero-order valence-corrected chi connectivity index (χ0v) is 19.5. The highest BCUT2D eigenvalue weighted by molar-refractivity contribution is 5.95. The Bertz CT molecular complexity index is 1110. The van der Waals surface area contributed by atoms with E-state index < -0.39 is 17.2 Å². The summed E-state index contributed by atoms with van der Waals surface area (Å²) in [5.74, 6) is -0.583. The smallest absolute Gasteiger partial charge is 0.376 e. The van der Waals surface area contributed by atoms with Gasteiger partial charge in [0.05, 0.1) is 6.07 Å². The monoisotopic (exact) mass is 488 g/mol. The summed E-state index contributed by atoms with van der Waals surface area (Å²) >= 11 is 0. The van der Waals surface area contributed by atoms with Gasteiger partial charge in [0.15, 0.2) is 5.60 Å². The molecule has 0 heterocycles. The second-order valence-corrected chi connectivity index (χ2v) is 9.92. The second-order valence-electron chi connectivity index (χ2n) is 9.92. The number of benzene rings is 2. The predicted molar refractivity (Wildman–Crippen MR) is 122 cm³/mol. The SMILES string of the molecule is C[C@](O)(c1ccc(C(=O)N(C2CC2)[C@H]2CC[C@](CC#N)(c3ccccc3F)CC2)cc1)C(F)(F)F. The molecule has 2 fully saturated rings. The molecule has 0 radical (unpaired) electrons. The minimum absolute atomic E-state index is 0.0717. The van der Waals surface area contributed by atoms with Gasteiger partial charge in [0, 0.05) is 29.5 Å². The molecule has 0 unspecified atom stereocenters. The van der Waals surface area contributed by atoms with Crippen molar-refractivity contribution in [3.8, 4) is 6.07 Å². The van der Waals surface area contributed by atoms with Crippen LogP contribution in [-0.4, -0.2) is 34.2 Å². The molecule has 35 heavy (non-hydrogen) atoms. The normalized spacial score (nSPS) is 24.3. The lowest BCUT2D eigenvalue weighted by Crippen LogP contribution is -2.46. The molecule has 0 aliphatic heterocycles. The van der Waals surface area contributed by atoms with Crippen LogP contribution in [0.15, 0.2) is 48.5 Å². The van der Waals surface area contributed by atoms with Gasteiger partial charge in [-0.05, 0) is 74.8 Å². The average Bonchev–Trinajstić information content (AvgIpc) is 3.65. The number of carbonyl (C=O) groups is 1. The van der Waals surface area contributed by atoms with Crippen LogP contribution in [0.1, 0.15) is 73.4 Å². The van der Waals surface area contributed by atoms with E-state index in [4.69, 9.17) is 0 Å². The van der Waals surface area contributed by atoms with Crippen LogP contribution in [0.4, 0.5) is 17.6 Å². The van der Waals surface area contributed by atoms with Crippen molar-refractivity contribution in [2.75, 3.05) is 0 Å². The third-order valence-corrected chi connectivity index (χ3v) is 7.59. The Labute approximate surface area is 202 Å². The molecule has 8 heteroatoms. The van der Waals surface area contributed by atoms with E-state index >= 15 is 0 Å². The van der Waals surface area contributed by atoms with E-state index in [0.29, 0.717) is 38.2 Å². The summed E-state index contributed by atoms with van der Waals surface area (Å²) < 4.78 is 54.1. The molecule has 0 aromatic heterocycles. The summed E-state index contributed by atoms with van der Waals surface area (Å²) in [6, 6.07) is 13.7. The minimum atomic E-state index is -4.84. The van der Waals surface area contributed by atoms with Gasteiger partial charge in [0.2, 0.25) is 0 Å². The maximum absolute atomic E-state index is 14.6. The van der Waals surface area contributed by atoms with Gasteiger partial charge < -0.3 is 10.0 Å². The summed E-state index contributed by atoms with van der Waals surface area (Å²) in [7, 11) is 0. The molecule has 4 rings (SSSR count). The minimum Gasteiger partial charge on any atom is -0.376 e. The van der Waals surface area contributed by atoms with E-state index in [-0.39, 0.29) is 41.4 Å². The molecule has 2 aromatic carbocycles. The summed E-state index contributed by atoms with van der Waals surface area (Å²) in [6.45, 7) is 0.686. The molecule has 1 atom stereocenters. The number of nitriles is 1. The zero-order valence-electron chi connectivity index (χ0n) is 19.5. The van der Waals surface area contributed by atoms with Crippen molar-refractivity contribution in [3.63, 3.8) is 0 Å². The van der Waals surface area contributed by atoms with Gasteiger partial charge in [-0.3, -0.25) is 4.79 Å². The molecular weight excluding hydrogens is 460 g/mol. The molecular formula is C27H28F4N2O2. The number of hydrogen-bond acceptors (Lipinski definition) is 3. The maximum Gasteiger partial charge on any atom is 0.421 e. The van der Waals surface area contributed by atoms with Gasteiger partial charge in [0.1, 0.15) is 5.82 Å². The third kappa shape index (κ3) is 4.79. The summed E-state index contributed by atoms with van der Waals surface area (Å²) in [5.41, 5.74) is -3.13. The predicted octanol–water partition coefficient (Wildman–Crippen LogP) is 5.99. The fourth-order valence-electron chi connectivity index (χ4n) is 5.25. The first-order chi connectivity index (χ1) is 16.5. The Morgan fingerprint density at radius 2 is 1.63 bits per heavy atom. The van der Waals surface area contributed by atoms with Crippen molar-refractivity contribution >= 4 is 5.91 Å². The number of alkyl halides is 3. The number of nitrogens with zero attached hydrogens (tertiary/aromatic N) is 2. The van der Waals surface area contributed by atoms with Crippen molar-refractivity contribution in [1.82, 2.24) is 4.90 Å². The van der Waals surface area contributed by atoms with Crippen molar-refractivity contribution in [1.29, 1.82) is 5.26 Å². The van der Waals surface area contributed by atoms with Gasteiger partial charge in [-0.2, -0.15) is 18.4 Å². The fourth-order valence-corrected chi connectivity index (χ4v) is 5.25. The molecule has 2 aromatic rings. The fraction of sp³-hybridized carbons (Fsp3) is 0.481. The molecule has 4 nitrogen and oxygen atoms in total. The van der Waals surface area contributed by atoms with Gasteiger partial charge in [0.25, 0.3) is 5.91 Å². The van der Waals surface area contributed by atoms with E-state index in [1.54, 1.807) is 18.2 Å². The van der Waals surface area contributed by atoms with E-state index in [0.717, 1.165) is 25.0 Å².